The fourth-order valence-electron chi connectivity index (χ4n) is 2.80. The van der Waals surface area contributed by atoms with Crippen LogP contribution in [-0.4, -0.2) is 30.9 Å². The van der Waals surface area contributed by atoms with Gasteiger partial charge in [-0.05, 0) is 50.7 Å². The van der Waals surface area contributed by atoms with Crippen LogP contribution >= 0.6 is 0 Å². The molecule has 0 saturated carbocycles. The first-order valence-electron chi connectivity index (χ1n) is 8.31. The lowest BCUT2D eigenvalue weighted by Crippen LogP contribution is -2.26. The minimum atomic E-state index is 0.613. The van der Waals surface area contributed by atoms with Gasteiger partial charge in [-0.1, -0.05) is 29.8 Å². The second kappa shape index (κ2) is 8.68. The van der Waals surface area contributed by atoms with E-state index in [0.717, 1.165) is 44.5 Å². The molecule has 1 heterocycles. The van der Waals surface area contributed by atoms with Crippen molar-refractivity contribution in [1.29, 1.82) is 0 Å². The van der Waals surface area contributed by atoms with Crippen molar-refractivity contribution in [3.63, 3.8) is 0 Å². The second-order valence-corrected chi connectivity index (χ2v) is 6.42. The van der Waals surface area contributed by atoms with Crippen LogP contribution in [0.4, 0.5) is 0 Å². The molecule has 1 aromatic carbocycles. The highest BCUT2D eigenvalue weighted by Gasteiger charge is 2.16. The van der Waals surface area contributed by atoms with Gasteiger partial charge in [0.1, 0.15) is 6.29 Å². The van der Waals surface area contributed by atoms with Gasteiger partial charge in [-0.25, -0.2) is 0 Å². The quantitative estimate of drug-likeness (QED) is 0.582. The van der Waals surface area contributed by atoms with Gasteiger partial charge in [0.15, 0.2) is 0 Å². The zero-order chi connectivity index (χ0) is 16.7. The van der Waals surface area contributed by atoms with Crippen molar-refractivity contribution in [2.24, 2.45) is 5.92 Å². The SMILES string of the molecule is C/C(C=O)=C/N(/C=C(\C)c1ccc(C)cc1)CC1CCOCC1. The van der Waals surface area contributed by atoms with Gasteiger partial charge in [-0.2, -0.15) is 0 Å². The van der Waals surface area contributed by atoms with Gasteiger partial charge in [-0.3, -0.25) is 4.79 Å². The van der Waals surface area contributed by atoms with Gasteiger partial charge >= 0.3 is 0 Å². The van der Waals surface area contributed by atoms with Gasteiger partial charge in [0.25, 0.3) is 0 Å². The van der Waals surface area contributed by atoms with E-state index < -0.39 is 0 Å². The number of allylic oxidation sites excluding steroid dienone is 2. The van der Waals surface area contributed by atoms with E-state index in [1.54, 1.807) is 0 Å². The van der Waals surface area contributed by atoms with Crippen LogP contribution in [0.25, 0.3) is 5.57 Å². The van der Waals surface area contributed by atoms with Crippen LogP contribution in [-0.2, 0) is 9.53 Å². The van der Waals surface area contributed by atoms with Crippen LogP contribution in [0, 0.1) is 12.8 Å². The highest BCUT2D eigenvalue weighted by molar-refractivity contribution is 5.72. The second-order valence-electron chi connectivity index (χ2n) is 6.42. The van der Waals surface area contributed by atoms with Crippen LogP contribution in [0.1, 0.15) is 37.8 Å². The van der Waals surface area contributed by atoms with Crippen LogP contribution in [0.3, 0.4) is 0 Å². The molecule has 0 radical (unpaired) electrons. The van der Waals surface area contributed by atoms with E-state index in [9.17, 15) is 4.79 Å². The molecule has 3 heteroatoms. The van der Waals surface area contributed by atoms with E-state index in [-0.39, 0.29) is 0 Å². The monoisotopic (exact) mass is 313 g/mol. The highest BCUT2D eigenvalue weighted by atomic mass is 16.5. The summed E-state index contributed by atoms with van der Waals surface area (Å²) in [5, 5.41) is 0. The molecule has 0 bridgehead atoms. The summed E-state index contributed by atoms with van der Waals surface area (Å²) < 4.78 is 5.44. The Labute approximate surface area is 139 Å². The molecule has 0 amide bonds. The van der Waals surface area contributed by atoms with Crippen molar-refractivity contribution in [2.75, 3.05) is 19.8 Å². The van der Waals surface area contributed by atoms with Crippen molar-refractivity contribution in [3.8, 4) is 0 Å². The summed E-state index contributed by atoms with van der Waals surface area (Å²) in [6, 6.07) is 8.54. The summed E-state index contributed by atoms with van der Waals surface area (Å²) >= 11 is 0. The molecule has 0 atom stereocenters. The number of rotatable bonds is 6. The van der Waals surface area contributed by atoms with Gasteiger partial charge in [0, 0.05) is 37.7 Å². The lowest BCUT2D eigenvalue weighted by atomic mass is 9.99. The number of hydrogen-bond acceptors (Lipinski definition) is 3. The Morgan fingerprint density at radius 1 is 1.17 bits per heavy atom. The number of hydrogen-bond donors (Lipinski definition) is 0. The molecule has 1 aliphatic heterocycles. The third-order valence-electron chi connectivity index (χ3n) is 4.23. The minimum absolute atomic E-state index is 0.613. The minimum Gasteiger partial charge on any atom is -0.381 e. The molecule has 1 aliphatic rings. The van der Waals surface area contributed by atoms with Gasteiger partial charge in [0.2, 0.25) is 0 Å². The lowest BCUT2D eigenvalue weighted by Gasteiger charge is -2.27. The van der Waals surface area contributed by atoms with E-state index in [1.165, 1.54) is 16.7 Å². The topological polar surface area (TPSA) is 29.5 Å². The van der Waals surface area contributed by atoms with Crippen LogP contribution in [0.2, 0.25) is 0 Å². The van der Waals surface area contributed by atoms with Gasteiger partial charge < -0.3 is 9.64 Å². The summed E-state index contributed by atoms with van der Waals surface area (Å²) in [6.45, 7) is 8.67. The Kier molecular flexibility index (Phi) is 6.60. The molecule has 0 N–H and O–H groups in total. The zero-order valence-electron chi connectivity index (χ0n) is 14.4. The molecule has 23 heavy (non-hydrogen) atoms. The Bertz CT molecular complexity index is 566. The number of benzene rings is 1. The normalized spacial score (nSPS) is 17.2. The van der Waals surface area contributed by atoms with Crippen molar-refractivity contribution in [1.82, 2.24) is 4.90 Å². The maximum Gasteiger partial charge on any atom is 0.147 e. The molecule has 124 valence electrons. The summed E-state index contributed by atoms with van der Waals surface area (Å²) in [6.07, 6.45) is 7.17. The molecule has 2 rings (SSSR count). The predicted molar refractivity (Wildman–Crippen MR) is 94.9 cm³/mol. The van der Waals surface area contributed by atoms with Crippen LogP contribution in [0.5, 0.6) is 0 Å². The third-order valence-corrected chi connectivity index (χ3v) is 4.23. The van der Waals surface area contributed by atoms with Crippen LogP contribution in [0.15, 0.2) is 42.2 Å². The Morgan fingerprint density at radius 2 is 1.83 bits per heavy atom. The van der Waals surface area contributed by atoms with Crippen molar-refractivity contribution in [3.05, 3.63) is 53.4 Å². The summed E-state index contributed by atoms with van der Waals surface area (Å²) in [5.74, 6) is 0.613. The molecule has 0 aromatic heterocycles. The zero-order valence-corrected chi connectivity index (χ0v) is 14.4. The molecular weight excluding hydrogens is 286 g/mol. The summed E-state index contributed by atoms with van der Waals surface area (Å²) in [4.78, 5) is 13.2. The average molecular weight is 313 g/mol. The van der Waals surface area contributed by atoms with Gasteiger partial charge in [-0.15, -0.1) is 0 Å². The molecule has 3 nitrogen and oxygen atoms in total. The van der Waals surface area contributed by atoms with Crippen molar-refractivity contribution in [2.45, 2.75) is 33.6 Å². The van der Waals surface area contributed by atoms with Gasteiger partial charge in [0.05, 0.1) is 0 Å². The fourth-order valence-corrected chi connectivity index (χ4v) is 2.80. The Hall–Kier alpha value is -1.87. The smallest absolute Gasteiger partial charge is 0.147 e. The van der Waals surface area contributed by atoms with Crippen molar-refractivity contribution < 1.29 is 9.53 Å². The summed E-state index contributed by atoms with van der Waals surface area (Å²) in [7, 11) is 0. The summed E-state index contributed by atoms with van der Waals surface area (Å²) in [5.41, 5.74) is 4.42. The molecule has 0 spiro atoms. The number of nitrogens with zero attached hydrogens (tertiary/aromatic N) is 1. The highest BCUT2D eigenvalue weighted by Crippen LogP contribution is 2.20. The van der Waals surface area contributed by atoms with E-state index in [0.29, 0.717) is 5.92 Å². The average Bonchev–Trinajstić information content (AvgIpc) is 2.56. The largest absolute Gasteiger partial charge is 0.381 e. The van der Waals surface area contributed by atoms with Crippen LogP contribution < -0.4 is 0 Å². The van der Waals surface area contributed by atoms with E-state index >= 15 is 0 Å². The molecular formula is C20H27NO2. The van der Waals surface area contributed by atoms with E-state index in [1.807, 2.05) is 13.1 Å². The maximum absolute atomic E-state index is 11.0. The first kappa shape index (κ1) is 17.5. The first-order chi connectivity index (χ1) is 11.1. The van der Waals surface area contributed by atoms with E-state index in [2.05, 4.69) is 49.2 Å². The number of carbonyl (C=O) groups is 1. The number of ether oxygens (including phenoxy) is 1. The first-order valence-corrected chi connectivity index (χ1v) is 8.31. The Balaban J connectivity index is 2.16. The standard InChI is InChI=1S/C20H27NO2/c1-16-4-6-20(7-5-16)18(3)13-21(12-17(2)15-22)14-19-8-10-23-11-9-19/h4-7,12-13,15,19H,8-11,14H2,1-3H3/b17-12-,18-13+. The number of aryl methyl sites for hydroxylation is 1. The molecule has 0 unspecified atom stereocenters. The molecule has 1 fully saturated rings. The molecule has 0 aliphatic carbocycles. The maximum atomic E-state index is 11.0. The third kappa shape index (κ3) is 5.68. The number of aldehydes is 1. The number of carbonyl (C=O) groups excluding carboxylic acids is 1. The Morgan fingerprint density at radius 3 is 2.43 bits per heavy atom. The molecule has 1 saturated heterocycles. The van der Waals surface area contributed by atoms with Crippen molar-refractivity contribution >= 4 is 11.9 Å². The molecule has 1 aromatic rings. The fraction of sp³-hybridized carbons (Fsp3) is 0.450. The lowest BCUT2D eigenvalue weighted by molar-refractivity contribution is -0.104. The predicted octanol–water partition coefficient (Wildman–Crippen LogP) is 4.19. The van der Waals surface area contributed by atoms with E-state index in [4.69, 9.17) is 4.74 Å².